The molecule has 0 spiro atoms. The number of aromatic nitrogens is 2. The monoisotopic (exact) mass is 384 g/mol. The van der Waals surface area contributed by atoms with Crippen LogP contribution in [-0.4, -0.2) is 34.5 Å². The van der Waals surface area contributed by atoms with Gasteiger partial charge >= 0.3 is 0 Å². The van der Waals surface area contributed by atoms with Gasteiger partial charge in [-0.15, -0.1) is 11.3 Å². The molecule has 1 atom stereocenters. The quantitative estimate of drug-likeness (QED) is 0.729. The number of hydrogen-bond acceptors (Lipinski definition) is 6. The van der Waals surface area contributed by atoms with Gasteiger partial charge in [0.1, 0.15) is 5.75 Å². The van der Waals surface area contributed by atoms with Gasteiger partial charge < -0.3 is 15.0 Å². The van der Waals surface area contributed by atoms with Gasteiger partial charge in [0.05, 0.1) is 24.5 Å². The lowest BCUT2D eigenvalue weighted by Crippen LogP contribution is -2.49. The molecule has 140 valence electrons. The molecule has 7 nitrogen and oxygen atoms in total. The van der Waals surface area contributed by atoms with E-state index in [1.807, 2.05) is 41.5 Å². The lowest BCUT2D eigenvalue weighted by atomic mass is 10.1. The first kappa shape index (κ1) is 17.5. The number of anilines is 1. The average molecular weight is 384 g/mol. The Morgan fingerprint density at radius 2 is 2.26 bits per heavy atom. The van der Waals surface area contributed by atoms with E-state index >= 15 is 0 Å². The number of thiazole rings is 1. The highest BCUT2D eigenvalue weighted by Crippen LogP contribution is 2.33. The molecule has 3 heterocycles. The summed E-state index contributed by atoms with van der Waals surface area (Å²) < 4.78 is 7.43. The number of nitrogens with zero attached hydrogens (tertiary/aromatic N) is 3. The van der Waals surface area contributed by atoms with Crippen LogP contribution in [0.15, 0.2) is 46.7 Å². The van der Waals surface area contributed by atoms with Crippen LogP contribution in [0, 0.1) is 0 Å². The van der Waals surface area contributed by atoms with E-state index in [1.54, 1.807) is 12.3 Å². The van der Waals surface area contributed by atoms with Crippen molar-refractivity contribution >= 4 is 27.9 Å². The standard InChI is InChI=1S/C19H20N4O3S/c1-2-7-20-18(25)16-12-22(14-5-3-4-6-15(14)26-16)11-13-10-17(24)23-8-9-27-19(23)21-13/h3-6,8-10,16H,2,7,11-12H2,1H3,(H,20,25)/t16-/m0/s1. The van der Waals surface area contributed by atoms with Crippen LogP contribution in [0.4, 0.5) is 5.69 Å². The zero-order chi connectivity index (χ0) is 18.8. The molecule has 27 heavy (non-hydrogen) atoms. The van der Waals surface area contributed by atoms with Crippen molar-refractivity contribution < 1.29 is 9.53 Å². The van der Waals surface area contributed by atoms with Gasteiger partial charge in [-0.3, -0.25) is 14.0 Å². The number of hydrogen-bond donors (Lipinski definition) is 1. The SMILES string of the molecule is CCCNC(=O)[C@@H]1CN(Cc2cc(=O)n3ccsc3n2)c2ccccc2O1. The molecule has 8 heteroatoms. The maximum Gasteiger partial charge on any atom is 0.262 e. The van der Waals surface area contributed by atoms with Gasteiger partial charge in [0.15, 0.2) is 11.1 Å². The summed E-state index contributed by atoms with van der Waals surface area (Å²) >= 11 is 1.42. The third-order valence-electron chi connectivity index (χ3n) is 4.41. The molecule has 1 aliphatic heterocycles. The molecule has 2 aromatic heterocycles. The predicted molar refractivity (Wildman–Crippen MR) is 105 cm³/mol. The fourth-order valence-corrected chi connectivity index (χ4v) is 3.86. The number of fused-ring (bicyclic) bond motifs is 2. The van der Waals surface area contributed by atoms with Crippen LogP contribution < -0.4 is 20.5 Å². The summed E-state index contributed by atoms with van der Waals surface area (Å²) in [6, 6.07) is 9.16. The molecule has 1 N–H and O–H groups in total. The van der Waals surface area contributed by atoms with Crippen molar-refractivity contribution in [3.63, 3.8) is 0 Å². The Balaban J connectivity index is 1.63. The lowest BCUT2D eigenvalue weighted by molar-refractivity contribution is -0.127. The van der Waals surface area contributed by atoms with E-state index in [2.05, 4.69) is 10.3 Å². The number of nitrogens with one attached hydrogen (secondary N) is 1. The number of ether oxygens (including phenoxy) is 1. The summed E-state index contributed by atoms with van der Waals surface area (Å²) in [5, 5.41) is 4.73. The number of rotatable bonds is 5. The molecule has 0 saturated heterocycles. The highest BCUT2D eigenvalue weighted by atomic mass is 32.1. The molecule has 0 aliphatic carbocycles. The Labute approximate surface area is 160 Å². The van der Waals surface area contributed by atoms with Gasteiger partial charge in [-0.25, -0.2) is 4.98 Å². The zero-order valence-corrected chi connectivity index (χ0v) is 15.7. The summed E-state index contributed by atoms with van der Waals surface area (Å²) in [6.07, 6.45) is 1.99. The first-order valence-electron chi connectivity index (χ1n) is 8.90. The largest absolute Gasteiger partial charge is 0.477 e. The molecule has 0 radical (unpaired) electrons. The van der Waals surface area contributed by atoms with Gasteiger partial charge in [0.2, 0.25) is 0 Å². The molecule has 1 aliphatic rings. The van der Waals surface area contributed by atoms with Crippen LogP contribution >= 0.6 is 11.3 Å². The summed E-state index contributed by atoms with van der Waals surface area (Å²) in [5.74, 6) is 0.535. The average Bonchev–Trinajstić information content (AvgIpc) is 3.15. The number of amides is 1. The Kier molecular flexibility index (Phi) is 4.81. The molecule has 1 aromatic carbocycles. The van der Waals surface area contributed by atoms with Crippen LogP contribution in [0.1, 0.15) is 19.0 Å². The van der Waals surface area contributed by atoms with Crippen LogP contribution in [0.3, 0.4) is 0 Å². The molecule has 0 saturated carbocycles. The minimum Gasteiger partial charge on any atom is -0.477 e. The van der Waals surface area contributed by atoms with Gasteiger partial charge in [0, 0.05) is 24.2 Å². The first-order chi connectivity index (χ1) is 13.2. The lowest BCUT2D eigenvalue weighted by Gasteiger charge is -2.35. The van der Waals surface area contributed by atoms with Gasteiger partial charge in [-0.1, -0.05) is 19.1 Å². The van der Waals surface area contributed by atoms with Crippen LogP contribution in [0.25, 0.3) is 4.96 Å². The van der Waals surface area contributed by atoms with Crippen molar-refractivity contribution in [2.45, 2.75) is 26.0 Å². The third-order valence-corrected chi connectivity index (χ3v) is 5.17. The highest BCUT2D eigenvalue weighted by molar-refractivity contribution is 7.15. The predicted octanol–water partition coefficient (Wildman–Crippen LogP) is 2.05. The van der Waals surface area contributed by atoms with E-state index in [9.17, 15) is 9.59 Å². The van der Waals surface area contributed by atoms with E-state index in [1.165, 1.54) is 15.7 Å². The van der Waals surface area contributed by atoms with Crippen molar-refractivity contribution in [1.29, 1.82) is 0 Å². The molecular weight excluding hydrogens is 364 g/mol. The zero-order valence-electron chi connectivity index (χ0n) is 14.9. The maximum atomic E-state index is 12.4. The van der Waals surface area contributed by atoms with E-state index < -0.39 is 6.10 Å². The number of carbonyl (C=O) groups excluding carboxylic acids is 1. The minimum atomic E-state index is -0.599. The smallest absolute Gasteiger partial charge is 0.262 e. The second kappa shape index (κ2) is 7.40. The molecule has 1 amide bonds. The van der Waals surface area contributed by atoms with E-state index in [-0.39, 0.29) is 11.5 Å². The minimum absolute atomic E-state index is 0.102. The van der Waals surface area contributed by atoms with Gasteiger partial charge in [-0.2, -0.15) is 0 Å². The highest BCUT2D eigenvalue weighted by Gasteiger charge is 2.30. The first-order valence-corrected chi connectivity index (χ1v) is 9.78. The molecule has 4 rings (SSSR count). The van der Waals surface area contributed by atoms with Gasteiger partial charge in [-0.05, 0) is 18.6 Å². The Morgan fingerprint density at radius 1 is 1.41 bits per heavy atom. The third kappa shape index (κ3) is 3.52. The maximum absolute atomic E-state index is 12.4. The van der Waals surface area contributed by atoms with Crippen molar-refractivity contribution in [3.05, 3.63) is 58.0 Å². The van der Waals surface area contributed by atoms with E-state index in [4.69, 9.17) is 4.74 Å². The van der Waals surface area contributed by atoms with Crippen molar-refractivity contribution in [1.82, 2.24) is 14.7 Å². The van der Waals surface area contributed by atoms with E-state index in [0.29, 0.717) is 36.0 Å². The molecule has 0 unspecified atom stereocenters. The molecule has 3 aromatic rings. The van der Waals surface area contributed by atoms with Crippen LogP contribution in [-0.2, 0) is 11.3 Å². The number of para-hydroxylation sites is 2. The van der Waals surface area contributed by atoms with Crippen molar-refractivity contribution in [3.8, 4) is 5.75 Å². The fourth-order valence-electron chi connectivity index (χ4n) is 3.12. The Bertz CT molecular complexity index is 1030. The van der Waals surface area contributed by atoms with Crippen molar-refractivity contribution in [2.75, 3.05) is 18.0 Å². The second-order valence-corrected chi connectivity index (χ2v) is 7.26. The van der Waals surface area contributed by atoms with Crippen LogP contribution in [0.5, 0.6) is 5.75 Å². The molecule has 0 bridgehead atoms. The Morgan fingerprint density at radius 3 is 3.11 bits per heavy atom. The molecule has 0 fully saturated rings. The Hall–Kier alpha value is -2.87. The summed E-state index contributed by atoms with van der Waals surface area (Å²) in [4.78, 5) is 32.0. The van der Waals surface area contributed by atoms with Gasteiger partial charge in [0.25, 0.3) is 11.5 Å². The normalized spacial score (nSPS) is 16.0. The van der Waals surface area contributed by atoms with Crippen LogP contribution in [0.2, 0.25) is 0 Å². The second-order valence-electron chi connectivity index (χ2n) is 6.39. The van der Waals surface area contributed by atoms with E-state index in [0.717, 1.165) is 12.1 Å². The number of carbonyl (C=O) groups is 1. The summed E-state index contributed by atoms with van der Waals surface area (Å²) in [7, 11) is 0. The topological polar surface area (TPSA) is 75.9 Å². The summed E-state index contributed by atoms with van der Waals surface area (Å²) in [5.41, 5.74) is 1.46. The molecular formula is C19H20N4O3S. The summed E-state index contributed by atoms with van der Waals surface area (Å²) in [6.45, 7) is 3.46. The number of benzene rings is 1. The van der Waals surface area contributed by atoms with Crippen molar-refractivity contribution in [2.24, 2.45) is 0 Å². The fraction of sp³-hybridized carbons (Fsp3) is 0.316.